The zero-order chi connectivity index (χ0) is 15.0. The highest BCUT2D eigenvalue weighted by Crippen LogP contribution is 2.19. The highest BCUT2D eigenvalue weighted by Gasteiger charge is 2.17. The van der Waals surface area contributed by atoms with Crippen LogP contribution in [0.25, 0.3) is 10.9 Å². The quantitative estimate of drug-likeness (QED) is 0.773. The predicted molar refractivity (Wildman–Crippen MR) is 79.9 cm³/mol. The number of para-hydroxylation sites is 1. The summed E-state index contributed by atoms with van der Waals surface area (Å²) in [5, 5.41) is 15.0. The van der Waals surface area contributed by atoms with E-state index < -0.39 is 0 Å². The van der Waals surface area contributed by atoms with Crippen molar-refractivity contribution >= 4 is 16.8 Å². The zero-order valence-corrected chi connectivity index (χ0v) is 12.2. The van der Waals surface area contributed by atoms with Gasteiger partial charge in [-0.25, -0.2) is 0 Å². The van der Waals surface area contributed by atoms with Gasteiger partial charge >= 0.3 is 0 Å². The van der Waals surface area contributed by atoms with Gasteiger partial charge < -0.3 is 5.32 Å². The fourth-order valence-corrected chi connectivity index (χ4v) is 2.45. The van der Waals surface area contributed by atoms with E-state index in [9.17, 15) is 4.79 Å². The van der Waals surface area contributed by atoms with Gasteiger partial charge in [-0.3, -0.25) is 14.6 Å². The van der Waals surface area contributed by atoms with Crippen molar-refractivity contribution in [2.24, 2.45) is 7.05 Å². The number of aromatic amines is 1. The third kappa shape index (κ3) is 2.29. The van der Waals surface area contributed by atoms with Crippen molar-refractivity contribution in [3.63, 3.8) is 0 Å². The summed E-state index contributed by atoms with van der Waals surface area (Å²) in [5.41, 5.74) is 3.41. The first-order valence-electron chi connectivity index (χ1n) is 6.79. The average Bonchev–Trinajstić information content (AvgIpc) is 3.06. The summed E-state index contributed by atoms with van der Waals surface area (Å²) in [6.07, 6.45) is 3.50. The maximum Gasteiger partial charge on any atom is 0.253 e. The van der Waals surface area contributed by atoms with E-state index in [4.69, 9.17) is 0 Å². The van der Waals surface area contributed by atoms with Gasteiger partial charge in [-0.15, -0.1) is 0 Å². The minimum atomic E-state index is -0.124. The Bertz CT molecular complexity index is 801. The van der Waals surface area contributed by atoms with Crippen LogP contribution in [0.15, 0.2) is 30.6 Å². The smallest absolute Gasteiger partial charge is 0.253 e. The van der Waals surface area contributed by atoms with E-state index in [1.54, 1.807) is 23.1 Å². The largest absolute Gasteiger partial charge is 0.345 e. The molecule has 1 amide bonds. The lowest BCUT2D eigenvalue weighted by atomic mass is 10.1. The van der Waals surface area contributed by atoms with Crippen LogP contribution in [0.1, 0.15) is 34.6 Å². The number of nitrogens with zero attached hydrogens (tertiary/aromatic N) is 3. The molecule has 0 spiro atoms. The molecule has 0 radical (unpaired) electrons. The number of carbonyl (C=O) groups is 1. The Hall–Kier alpha value is -2.63. The van der Waals surface area contributed by atoms with Gasteiger partial charge in [0, 0.05) is 23.7 Å². The van der Waals surface area contributed by atoms with Gasteiger partial charge in [0.05, 0.1) is 29.5 Å². The Kier molecular flexibility index (Phi) is 3.21. The molecule has 1 atom stereocenters. The summed E-state index contributed by atoms with van der Waals surface area (Å²) in [7, 11) is 1.89. The lowest BCUT2D eigenvalue weighted by molar-refractivity contribution is 0.0941. The van der Waals surface area contributed by atoms with Gasteiger partial charge in [-0.2, -0.15) is 10.2 Å². The highest BCUT2D eigenvalue weighted by molar-refractivity contribution is 6.05. The van der Waals surface area contributed by atoms with Crippen LogP contribution in [0.3, 0.4) is 0 Å². The van der Waals surface area contributed by atoms with Crippen LogP contribution in [-0.2, 0) is 7.05 Å². The first-order chi connectivity index (χ1) is 10.1. The molecule has 2 N–H and O–H groups in total. The van der Waals surface area contributed by atoms with Gasteiger partial charge in [-0.1, -0.05) is 12.1 Å². The molecule has 0 aliphatic rings. The molecule has 0 fully saturated rings. The van der Waals surface area contributed by atoms with Gasteiger partial charge in [0.15, 0.2) is 0 Å². The Morgan fingerprint density at radius 1 is 1.38 bits per heavy atom. The fourth-order valence-electron chi connectivity index (χ4n) is 2.45. The standard InChI is InChI=1S/C15H17N5O/c1-9(13-8-17-20(3)10(13)2)18-15(21)12-6-4-5-11-7-16-19-14(11)12/h4-9H,1-3H3,(H,16,19)(H,18,21)/t9-/m0/s1. The number of nitrogens with one attached hydrogen (secondary N) is 2. The minimum Gasteiger partial charge on any atom is -0.345 e. The lowest BCUT2D eigenvalue weighted by Crippen LogP contribution is -2.27. The van der Waals surface area contributed by atoms with E-state index >= 15 is 0 Å². The summed E-state index contributed by atoms with van der Waals surface area (Å²) in [6.45, 7) is 3.94. The van der Waals surface area contributed by atoms with Crippen LogP contribution >= 0.6 is 0 Å². The van der Waals surface area contributed by atoms with Gasteiger partial charge in [0.1, 0.15) is 0 Å². The number of fused-ring (bicyclic) bond motifs is 1. The van der Waals surface area contributed by atoms with Crippen molar-refractivity contribution in [2.75, 3.05) is 0 Å². The summed E-state index contributed by atoms with van der Waals surface area (Å²) in [6, 6.07) is 5.46. The molecule has 6 nitrogen and oxygen atoms in total. The number of aryl methyl sites for hydroxylation is 1. The number of hydrogen-bond donors (Lipinski definition) is 2. The van der Waals surface area contributed by atoms with E-state index in [0.29, 0.717) is 5.56 Å². The summed E-state index contributed by atoms with van der Waals surface area (Å²) < 4.78 is 1.80. The molecule has 0 saturated carbocycles. The Balaban J connectivity index is 1.86. The lowest BCUT2D eigenvalue weighted by Gasteiger charge is -2.14. The summed E-state index contributed by atoms with van der Waals surface area (Å²) in [5.74, 6) is -0.124. The average molecular weight is 283 g/mol. The molecule has 0 bridgehead atoms. The monoisotopic (exact) mass is 283 g/mol. The normalized spacial score (nSPS) is 12.5. The number of aromatic nitrogens is 4. The molecule has 3 rings (SSSR count). The topological polar surface area (TPSA) is 75.6 Å². The molecule has 108 valence electrons. The van der Waals surface area contributed by atoms with Crippen molar-refractivity contribution < 1.29 is 4.79 Å². The number of rotatable bonds is 3. The molecular formula is C15H17N5O. The van der Waals surface area contributed by atoms with Crippen molar-refractivity contribution in [2.45, 2.75) is 19.9 Å². The second kappa shape index (κ2) is 5.05. The van der Waals surface area contributed by atoms with Crippen LogP contribution in [0.5, 0.6) is 0 Å². The molecule has 2 aromatic heterocycles. The molecule has 2 heterocycles. The molecule has 6 heteroatoms. The molecule has 1 aromatic carbocycles. The van der Waals surface area contributed by atoms with Crippen molar-refractivity contribution in [1.29, 1.82) is 0 Å². The Morgan fingerprint density at radius 3 is 2.90 bits per heavy atom. The number of carbonyl (C=O) groups excluding carboxylic acids is 1. The first-order valence-corrected chi connectivity index (χ1v) is 6.79. The molecule has 0 aliphatic heterocycles. The van der Waals surface area contributed by atoms with Crippen LogP contribution in [0.2, 0.25) is 0 Å². The van der Waals surface area contributed by atoms with E-state index in [1.165, 1.54) is 0 Å². The van der Waals surface area contributed by atoms with E-state index in [1.807, 2.05) is 33.0 Å². The van der Waals surface area contributed by atoms with Crippen molar-refractivity contribution in [3.8, 4) is 0 Å². The van der Waals surface area contributed by atoms with Crippen molar-refractivity contribution in [3.05, 3.63) is 47.4 Å². The van der Waals surface area contributed by atoms with E-state index in [-0.39, 0.29) is 11.9 Å². The van der Waals surface area contributed by atoms with Crippen LogP contribution in [0, 0.1) is 6.92 Å². The summed E-state index contributed by atoms with van der Waals surface area (Å²) in [4.78, 5) is 12.5. The number of amides is 1. The van der Waals surface area contributed by atoms with Crippen LogP contribution in [0.4, 0.5) is 0 Å². The number of hydrogen-bond acceptors (Lipinski definition) is 3. The highest BCUT2D eigenvalue weighted by atomic mass is 16.1. The molecule has 0 saturated heterocycles. The maximum atomic E-state index is 12.5. The van der Waals surface area contributed by atoms with Gasteiger partial charge in [-0.05, 0) is 19.9 Å². The molecule has 21 heavy (non-hydrogen) atoms. The van der Waals surface area contributed by atoms with Gasteiger partial charge in [0.2, 0.25) is 0 Å². The molecular weight excluding hydrogens is 266 g/mol. The SMILES string of the molecule is Cc1c([C@H](C)NC(=O)c2cccc3cn[nH]c23)cnn1C. The zero-order valence-electron chi connectivity index (χ0n) is 12.2. The number of H-pyrrole nitrogens is 1. The van der Waals surface area contributed by atoms with E-state index in [2.05, 4.69) is 20.6 Å². The predicted octanol–water partition coefficient (Wildman–Crippen LogP) is 2.10. The third-order valence-electron chi connectivity index (χ3n) is 3.81. The third-order valence-corrected chi connectivity index (χ3v) is 3.81. The molecule has 0 unspecified atom stereocenters. The fraction of sp³-hybridized carbons (Fsp3) is 0.267. The van der Waals surface area contributed by atoms with Crippen LogP contribution in [-0.4, -0.2) is 25.9 Å². The molecule has 3 aromatic rings. The maximum absolute atomic E-state index is 12.5. The second-order valence-electron chi connectivity index (χ2n) is 5.14. The van der Waals surface area contributed by atoms with Gasteiger partial charge in [0.25, 0.3) is 5.91 Å². The summed E-state index contributed by atoms with van der Waals surface area (Å²) >= 11 is 0. The van der Waals surface area contributed by atoms with E-state index in [0.717, 1.165) is 22.2 Å². The second-order valence-corrected chi connectivity index (χ2v) is 5.14. The van der Waals surface area contributed by atoms with Crippen molar-refractivity contribution in [1.82, 2.24) is 25.3 Å². The Morgan fingerprint density at radius 2 is 2.19 bits per heavy atom. The Labute approximate surface area is 122 Å². The van der Waals surface area contributed by atoms with Crippen LogP contribution < -0.4 is 5.32 Å². The minimum absolute atomic E-state index is 0.107. The first kappa shape index (κ1) is 13.4. The number of benzene rings is 1. The molecule has 0 aliphatic carbocycles.